The van der Waals surface area contributed by atoms with Crippen LogP contribution in [0.4, 0.5) is 5.69 Å². The lowest BCUT2D eigenvalue weighted by atomic mass is 10.0. The van der Waals surface area contributed by atoms with Gasteiger partial charge >= 0.3 is 0 Å². The first-order valence-electron chi connectivity index (χ1n) is 8.94. The van der Waals surface area contributed by atoms with Gasteiger partial charge in [-0.3, -0.25) is 4.79 Å². The summed E-state index contributed by atoms with van der Waals surface area (Å²) in [5.41, 5.74) is 2.79. The van der Waals surface area contributed by atoms with Gasteiger partial charge in [-0.15, -0.1) is 0 Å². The summed E-state index contributed by atoms with van der Waals surface area (Å²) in [5, 5.41) is 2.92. The standard InChI is InChI=1S/C20H23BrN2O3S/c1-14-6-11-18(15(2)13-14)22-20(24)19-5-3-4-12-23(19)27(25,26)17-9-7-16(21)8-10-17/h6-11,13,19H,3-5,12H2,1-2H3,(H,22,24)/t19-/m1/s1. The van der Waals surface area contributed by atoms with E-state index in [1.807, 2.05) is 32.0 Å². The van der Waals surface area contributed by atoms with Gasteiger partial charge in [0.05, 0.1) is 4.90 Å². The molecule has 0 aliphatic carbocycles. The van der Waals surface area contributed by atoms with E-state index in [1.165, 1.54) is 4.31 Å². The number of carbonyl (C=O) groups is 1. The number of rotatable bonds is 4. The number of amides is 1. The summed E-state index contributed by atoms with van der Waals surface area (Å²) in [4.78, 5) is 13.1. The highest BCUT2D eigenvalue weighted by molar-refractivity contribution is 9.10. The molecule has 7 heteroatoms. The third kappa shape index (κ3) is 4.42. The zero-order chi connectivity index (χ0) is 19.6. The van der Waals surface area contributed by atoms with Crippen molar-refractivity contribution in [3.05, 3.63) is 58.1 Å². The van der Waals surface area contributed by atoms with Gasteiger partial charge in [-0.25, -0.2) is 8.42 Å². The van der Waals surface area contributed by atoms with E-state index in [4.69, 9.17) is 0 Å². The number of piperidine rings is 1. The Morgan fingerprint density at radius 3 is 2.48 bits per heavy atom. The summed E-state index contributed by atoms with van der Waals surface area (Å²) in [6.45, 7) is 4.27. The largest absolute Gasteiger partial charge is 0.324 e. The van der Waals surface area contributed by atoms with Crippen LogP contribution < -0.4 is 5.32 Å². The molecule has 1 fully saturated rings. The van der Waals surface area contributed by atoms with Crippen molar-refractivity contribution in [3.63, 3.8) is 0 Å². The van der Waals surface area contributed by atoms with Crippen LogP contribution in [-0.4, -0.2) is 31.2 Å². The summed E-state index contributed by atoms with van der Waals surface area (Å²) in [7, 11) is -3.73. The maximum atomic E-state index is 13.1. The Hall–Kier alpha value is -1.70. The normalized spacial score (nSPS) is 18.3. The van der Waals surface area contributed by atoms with E-state index in [1.54, 1.807) is 24.3 Å². The molecule has 1 N–H and O–H groups in total. The first-order valence-corrected chi connectivity index (χ1v) is 11.2. The number of hydrogen-bond acceptors (Lipinski definition) is 3. The van der Waals surface area contributed by atoms with E-state index in [2.05, 4.69) is 21.2 Å². The fourth-order valence-corrected chi connectivity index (χ4v) is 5.29. The molecule has 0 bridgehead atoms. The van der Waals surface area contributed by atoms with Gasteiger partial charge in [-0.1, -0.05) is 40.0 Å². The van der Waals surface area contributed by atoms with Crippen molar-refractivity contribution >= 4 is 37.5 Å². The van der Waals surface area contributed by atoms with Crippen molar-refractivity contribution in [1.29, 1.82) is 0 Å². The third-order valence-corrected chi connectivity index (χ3v) is 7.27. The molecule has 0 radical (unpaired) electrons. The second-order valence-electron chi connectivity index (χ2n) is 6.89. The number of anilines is 1. The van der Waals surface area contributed by atoms with Gasteiger partial charge in [0.15, 0.2) is 0 Å². The first kappa shape index (κ1) is 20.0. The van der Waals surface area contributed by atoms with Gasteiger partial charge in [0.25, 0.3) is 0 Å². The second kappa shape index (κ2) is 8.12. The predicted molar refractivity (Wildman–Crippen MR) is 110 cm³/mol. The number of carbonyl (C=O) groups excluding carboxylic acids is 1. The second-order valence-corrected chi connectivity index (χ2v) is 9.70. The minimum absolute atomic E-state index is 0.205. The minimum atomic E-state index is -3.73. The molecule has 27 heavy (non-hydrogen) atoms. The lowest BCUT2D eigenvalue weighted by Crippen LogP contribution is -2.49. The third-order valence-electron chi connectivity index (χ3n) is 4.82. The molecular weight excluding hydrogens is 428 g/mol. The lowest BCUT2D eigenvalue weighted by Gasteiger charge is -2.33. The molecular formula is C20H23BrN2O3S. The Labute approximate surface area is 169 Å². The van der Waals surface area contributed by atoms with Crippen LogP contribution in [0.3, 0.4) is 0 Å². The van der Waals surface area contributed by atoms with Crippen molar-refractivity contribution in [3.8, 4) is 0 Å². The van der Waals surface area contributed by atoms with Crippen LogP contribution in [-0.2, 0) is 14.8 Å². The molecule has 0 spiro atoms. The number of aryl methyl sites for hydroxylation is 2. The lowest BCUT2D eigenvalue weighted by molar-refractivity contribution is -0.120. The fourth-order valence-electron chi connectivity index (χ4n) is 3.37. The number of benzene rings is 2. The molecule has 2 aromatic rings. The van der Waals surface area contributed by atoms with Crippen molar-refractivity contribution in [2.24, 2.45) is 0 Å². The molecule has 1 aliphatic rings. The molecule has 144 valence electrons. The average molecular weight is 451 g/mol. The molecule has 2 aromatic carbocycles. The molecule has 1 heterocycles. The van der Waals surface area contributed by atoms with Crippen molar-refractivity contribution < 1.29 is 13.2 Å². The summed E-state index contributed by atoms with van der Waals surface area (Å²) in [6.07, 6.45) is 2.10. The molecule has 1 atom stereocenters. The van der Waals surface area contributed by atoms with Gasteiger partial charge in [-0.05, 0) is 62.6 Å². The highest BCUT2D eigenvalue weighted by Gasteiger charge is 2.37. The minimum Gasteiger partial charge on any atom is -0.324 e. The van der Waals surface area contributed by atoms with Gasteiger partial charge in [0.2, 0.25) is 15.9 Å². The Kier molecular flexibility index (Phi) is 6.03. The van der Waals surface area contributed by atoms with E-state index < -0.39 is 16.1 Å². The van der Waals surface area contributed by atoms with E-state index in [9.17, 15) is 13.2 Å². The molecule has 3 rings (SSSR count). The number of sulfonamides is 1. The van der Waals surface area contributed by atoms with Crippen LogP contribution in [0.25, 0.3) is 0 Å². The maximum Gasteiger partial charge on any atom is 0.243 e. The summed E-state index contributed by atoms with van der Waals surface area (Å²) in [5.74, 6) is -0.276. The molecule has 0 aromatic heterocycles. The molecule has 0 saturated carbocycles. The fraction of sp³-hybridized carbons (Fsp3) is 0.350. The smallest absolute Gasteiger partial charge is 0.243 e. The van der Waals surface area contributed by atoms with E-state index >= 15 is 0 Å². The van der Waals surface area contributed by atoms with Crippen LogP contribution in [0.2, 0.25) is 0 Å². The van der Waals surface area contributed by atoms with Gasteiger partial charge < -0.3 is 5.32 Å². The van der Waals surface area contributed by atoms with Crippen LogP contribution in [0.15, 0.2) is 51.8 Å². The molecule has 5 nitrogen and oxygen atoms in total. The molecule has 1 aliphatic heterocycles. The van der Waals surface area contributed by atoms with E-state index in [0.717, 1.165) is 34.1 Å². The Morgan fingerprint density at radius 2 is 1.81 bits per heavy atom. The Balaban J connectivity index is 1.86. The summed E-state index contributed by atoms with van der Waals surface area (Å²) < 4.78 is 28.4. The molecule has 1 amide bonds. The summed E-state index contributed by atoms with van der Waals surface area (Å²) >= 11 is 3.32. The van der Waals surface area contributed by atoms with E-state index in [-0.39, 0.29) is 10.8 Å². The number of nitrogens with zero attached hydrogens (tertiary/aromatic N) is 1. The van der Waals surface area contributed by atoms with Crippen LogP contribution >= 0.6 is 15.9 Å². The quantitative estimate of drug-likeness (QED) is 0.756. The first-order chi connectivity index (χ1) is 12.8. The number of nitrogens with one attached hydrogen (secondary N) is 1. The zero-order valence-electron chi connectivity index (χ0n) is 15.4. The average Bonchev–Trinajstić information content (AvgIpc) is 2.64. The highest BCUT2D eigenvalue weighted by Crippen LogP contribution is 2.27. The van der Waals surface area contributed by atoms with Crippen molar-refractivity contribution in [2.45, 2.75) is 44.0 Å². The SMILES string of the molecule is Cc1ccc(NC(=O)[C@H]2CCCCN2S(=O)(=O)c2ccc(Br)cc2)c(C)c1. The van der Waals surface area contributed by atoms with Crippen LogP contribution in [0.1, 0.15) is 30.4 Å². The van der Waals surface area contributed by atoms with Crippen LogP contribution in [0, 0.1) is 13.8 Å². The maximum absolute atomic E-state index is 13.1. The predicted octanol–water partition coefficient (Wildman–Crippen LogP) is 4.25. The monoisotopic (exact) mass is 450 g/mol. The topological polar surface area (TPSA) is 66.5 Å². The number of hydrogen-bond donors (Lipinski definition) is 1. The van der Waals surface area contributed by atoms with Crippen LogP contribution in [0.5, 0.6) is 0 Å². The molecule has 1 saturated heterocycles. The summed E-state index contributed by atoms with van der Waals surface area (Å²) in [6, 6.07) is 11.6. The van der Waals surface area contributed by atoms with Gasteiger partial charge in [0.1, 0.15) is 6.04 Å². The van der Waals surface area contributed by atoms with Gasteiger partial charge in [0, 0.05) is 16.7 Å². The van der Waals surface area contributed by atoms with E-state index in [0.29, 0.717) is 13.0 Å². The Morgan fingerprint density at radius 1 is 1.11 bits per heavy atom. The Bertz CT molecular complexity index is 942. The number of halogens is 1. The highest BCUT2D eigenvalue weighted by atomic mass is 79.9. The zero-order valence-corrected chi connectivity index (χ0v) is 17.8. The molecule has 0 unspecified atom stereocenters. The van der Waals surface area contributed by atoms with Crippen molar-refractivity contribution in [2.75, 3.05) is 11.9 Å². The van der Waals surface area contributed by atoms with Gasteiger partial charge in [-0.2, -0.15) is 4.31 Å². The van der Waals surface area contributed by atoms with Crippen molar-refractivity contribution in [1.82, 2.24) is 4.31 Å².